The maximum Gasteiger partial charge on any atom is 0.408 e. The number of carbonyl (C=O) groups is 3. The largest absolute Gasteiger partial charge is 0.480 e. The van der Waals surface area contributed by atoms with Crippen molar-refractivity contribution in [2.45, 2.75) is 65.1 Å². The van der Waals surface area contributed by atoms with Crippen molar-refractivity contribution < 1.29 is 24.2 Å². The number of nitrogens with one attached hydrogen (secondary N) is 2. The Morgan fingerprint density at radius 2 is 1.63 bits per heavy atom. The molecule has 1 aromatic rings. The van der Waals surface area contributed by atoms with Gasteiger partial charge in [-0.05, 0) is 38.7 Å². The van der Waals surface area contributed by atoms with Gasteiger partial charge in [-0.1, -0.05) is 44.2 Å². The van der Waals surface area contributed by atoms with Gasteiger partial charge in [0.1, 0.15) is 17.7 Å². The van der Waals surface area contributed by atoms with Crippen LogP contribution in [0.15, 0.2) is 30.3 Å². The van der Waals surface area contributed by atoms with Gasteiger partial charge in [-0.2, -0.15) is 0 Å². The fourth-order valence-electron chi connectivity index (χ4n) is 2.47. The van der Waals surface area contributed by atoms with Gasteiger partial charge in [-0.25, -0.2) is 9.59 Å². The van der Waals surface area contributed by atoms with Crippen molar-refractivity contribution in [2.24, 2.45) is 5.92 Å². The third-order valence-corrected chi connectivity index (χ3v) is 3.61. The van der Waals surface area contributed by atoms with Crippen LogP contribution in [0.4, 0.5) is 4.79 Å². The number of hydrogen-bond acceptors (Lipinski definition) is 4. The molecule has 27 heavy (non-hydrogen) atoms. The van der Waals surface area contributed by atoms with Gasteiger partial charge in [0.2, 0.25) is 5.91 Å². The molecule has 7 heteroatoms. The third kappa shape index (κ3) is 9.08. The average molecular weight is 378 g/mol. The summed E-state index contributed by atoms with van der Waals surface area (Å²) in [6.45, 7) is 8.93. The average Bonchev–Trinajstić information content (AvgIpc) is 2.52. The highest BCUT2D eigenvalue weighted by Gasteiger charge is 2.28. The Bertz CT molecular complexity index is 638. The normalized spacial score (nSPS) is 13.6. The van der Waals surface area contributed by atoms with Crippen LogP contribution in [0.5, 0.6) is 0 Å². The molecule has 3 N–H and O–H groups in total. The number of carboxylic acids is 1. The van der Waals surface area contributed by atoms with Crippen LogP contribution < -0.4 is 10.6 Å². The lowest BCUT2D eigenvalue weighted by Gasteiger charge is -2.25. The number of ether oxygens (including phenoxy) is 1. The molecule has 0 aromatic heterocycles. The molecule has 1 rings (SSSR count). The molecule has 0 saturated carbocycles. The van der Waals surface area contributed by atoms with Gasteiger partial charge in [-0.15, -0.1) is 0 Å². The first-order valence-electron chi connectivity index (χ1n) is 9.04. The Hall–Kier alpha value is -2.57. The van der Waals surface area contributed by atoms with E-state index in [1.54, 1.807) is 20.8 Å². The molecule has 0 bridgehead atoms. The van der Waals surface area contributed by atoms with E-state index in [0.717, 1.165) is 5.56 Å². The van der Waals surface area contributed by atoms with Crippen molar-refractivity contribution in [2.75, 3.05) is 0 Å². The minimum Gasteiger partial charge on any atom is -0.480 e. The van der Waals surface area contributed by atoms with E-state index >= 15 is 0 Å². The Kier molecular flexibility index (Phi) is 8.28. The second-order valence-electron chi connectivity index (χ2n) is 7.92. The minimum atomic E-state index is -1.10. The van der Waals surface area contributed by atoms with Crippen LogP contribution >= 0.6 is 0 Å². The van der Waals surface area contributed by atoms with Gasteiger partial charge >= 0.3 is 12.1 Å². The Balaban J connectivity index is 2.92. The van der Waals surface area contributed by atoms with Gasteiger partial charge in [0.05, 0.1) is 0 Å². The predicted octanol–water partition coefficient (Wildman–Crippen LogP) is 2.74. The Labute approximate surface area is 160 Å². The summed E-state index contributed by atoms with van der Waals surface area (Å²) in [5.41, 5.74) is 0.128. The molecule has 0 unspecified atom stereocenters. The van der Waals surface area contributed by atoms with E-state index in [1.807, 2.05) is 44.2 Å². The SMILES string of the molecule is CC(C)C[C@@H](NC(=O)[C@@H](Cc1ccccc1)NC(=O)OC(C)(C)C)C(=O)O. The molecule has 1 aromatic carbocycles. The van der Waals surface area contributed by atoms with Crippen LogP contribution in [-0.2, 0) is 20.7 Å². The number of carbonyl (C=O) groups excluding carboxylic acids is 2. The first-order valence-corrected chi connectivity index (χ1v) is 9.04. The Morgan fingerprint density at radius 3 is 2.11 bits per heavy atom. The number of benzene rings is 1. The van der Waals surface area contributed by atoms with Crippen LogP contribution in [-0.4, -0.2) is 40.8 Å². The van der Waals surface area contributed by atoms with E-state index < -0.39 is 35.7 Å². The summed E-state index contributed by atoms with van der Waals surface area (Å²) in [7, 11) is 0. The fourth-order valence-corrected chi connectivity index (χ4v) is 2.47. The maximum absolute atomic E-state index is 12.7. The fraction of sp³-hybridized carbons (Fsp3) is 0.550. The quantitative estimate of drug-likeness (QED) is 0.645. The van der Waals surface area contributed by atoms with Crippen LogP contribution in [0, 0.1) is 5.92 Å². The molecule has 7 nitrogen and oxygen atoms in total. The van der Waals surface area contributed by atoms with E-state index in [9.17, 15) is 19.5 Å². The van der Waals surface area contributed by atoms with E-state index in [4.69, 9.17) is 4.74 Å². The molecule has 0 saturated heterocycles. The second kappa shape index (κ2) is 9.94. The molecular weight excluding hydrogens is 348 g/mol. The van der Waals surface area contributed by atoms with Crippen molar-refractivity contribution >= 4 is 18.0 Å². The highest BCUT2D eigenvalue weighted by Crippen LogP contribution is 2.10. The Morgan fingerprint density at radius 1 is 1.04 bits per heavy atom. The number of rotatable bonds is 8. The van der Waals surface area contributed by atoms with E-state index in [0.29, 0.717) is 6.42 Å². The summed E-state index contributed by atoms with van der Waals surface area (Å²) >= 11 is 0. The van der Waals surface area contributed by atoms with Crippen molar-refractivity contribution in [3.8, 4) is 0 Å². The van der Waals surface area contributed by atoms with Crippen molar-refractivity contribution in [3.63, 3.8) is 0 Å². The first-order chi connectivity index (χ1) is 12.5. The zero-order valence-corrected chi connectivity index (χ0v) is 16.6. The number of alkyl carbamates (subject to hydrolysis) is 1. The van der Waals surface area contributed by atoms with Gasteiger partial charge in [-0.3, -0.25) is 4.79 Å². The monoisotopic (exact) mass is 378 g/mol. The summed E-state index contributed by atoms with van der Waals surface area (Å²) < 4.78 is 5.23. The molecular formula is C20H30N2O5. The lowest BCUT2D eigenvalue weighted by atomic mass is 10.0. The van der Waals surface area contributed by atoms with Crippen LogP contribution in [0.2, 0.25) is 0 Å². The van der Waals surface area contributed by atoms with Crippen LogP contribution in [0.3, 0.4) is 0 Å². The van der Waals surface area contributed by atoms with E-state index in [-0.39, 0.29) is 12.3 Å². The van der Waals surface area contributed by atoms with Gasteiger partial charge in [0, 0.05) is 6.42 Å². The van der Waals surface area contributed by atoms with Crippen molar-refractivity contribution in [3.05, 3.63) is 35.9 Å². The molecule has 0 aliphatic rings. The van der Waals surface area contributed by atoms with Crippen molar-refractivity contribution in [1.29, 1.82) is 0 Å². The molecule has 0 fully saturated rings. The lowest BCUT2D eigenvalue weighted by Crippen LogP contribution is -2.53. The summed E-state index contributed by atoms with van der Waals surface area (Å²) in [6, 6.07) is 7.21. The smallest absolute Gasteiger partial charge is 0.408 e. The zero-order valence-electron chi connectivity index (χ0n) is 16.6. The molecule has 0 aliphatic carbocycles. The zero-order chi connectivity index (χ0) is 20.6. The number of carboxylic acid groups (broad SMARTS) is 1. The molecule has 0 heterocycles. The highest BCUT2D eigenvalue weighted by molar-refractivity contribution is 5.89. The second-order valence-corrected chi connectivity index (χ2v) is 7.92. The topological polar surface area (TPSA) is 105 Å². The lowest BCUT2D eigenvalue weighted by molar-refractivity contribution is -0.142. The number of hydrogen-bond donors (Lipinski definition) is 3. The van der Waals surface area contributed by atoms with Gasteiger partial charge in [0.15, 0.2) is 0 Å². The summed E-state index contributed by atoms with van der Waals surface area (Å²) in [4.78, 5) is 36.3. The maximum atomic E-state index is 12.7. The van der Waals surface area contributed by atoms with Gasteiger partial charge < -0.3 is 20.5 Å². The summed E-state index contributed by atoms with van der Waals surface area (Å²) in [5, 5.41) is 14.4. The van der Waals surface area contributed by atoms with Crippen molar-refractivity contribution in [1.82, 2.24) is 10.6 Å². The number of aliphatic carboxylic acids is 1. The molecule has 150 valence electrons. The molecule has 0 spiro atoms. The molecule has 2 atom stereocenters. The van der Waals surface area contributed by atoms with Crippen LogP contribution in [0.1, 0.15) is 46.6 Å². The molecule has 0 radical (unpaired) electrons. The number of amides is 2. The first kappa shape index (κ1) is 22.5. The summed E-state index contributed by atoms with van der Waals surface area (Å²) in [6.07, 6.45) is -0.208. The van der Waals surface area contributed by atoms with E-state index in [2.05, 4.69) is 10.6 Å². The van der Waals surface area contributed by atoms with Crippen LogP contribution in [0.25, 0.3) is 0 Å². The third-order valence-electron chi connectivity index (χ3n) is 3.61. The standard InChI is InChI=1S/C20H30N2O5/c1-13(2)11-16(18(24)25)21-17(23)15(12-14-9-7-6-8-10-14)22-19(26)27-20(3,4)5/h6-10,13,15-16H,11-12H2,1-5H3,(H,21,23)(H,22,26)(H,24,25)/t15-,16-/m1/s1. The minimum absolute atomic E-state index is 0.0952. The highest BCUT2D eigenvalue weighted by atomic mass is 16.6. The van der Waals surface area contributed by atoms with Gasteiger partial charge in [0.25, 0.3) is 0 Å². The predicted molar refractivity (Wildman–Crippen MR) is 102 cm³/mol. The molecule has 0 aliphatic heterocycles. The molecule has 2 amide bonds. The van der Waals surface area contributed by atoms with E-state index in [1.165, 1.54) is 0 Å². The summed E-state index contributed by atoms with van der Waals surface area (Å²) in [5.74, 6) is -1.57.